The molecular weight excluding hydrogens is 209 g/mol. The van der Waals surface area contributed by atoms with Crippen molar-refractivity contribution in [2.24, 2.45) is 0 Å². The van der Waals surface area contributed by atoms with Crippen LogP contribution in [-0.2, 0) is 9.53 Å². The van der Waals surface area contributed by atoms with Crippen molar-refractivity contribution in [3.05, 3.63) is 35.7 Å². The van der Waals surface area contributed by atoms with Gasteiger partial charge in [0.25, 0.3) is 0 Å². The van der Waals surface area contributed by atoms with E-state index in [0.717, 1.165) is 0 Å². The molecule has 0 unspecified atom stereocenters. The Kier molecular flexibility index (Phi) is 4.51. The Balaban J connectivity index is 2.63. The molecule has 1 aromatic rings. The van der Waals surface area contributed by atoms with Crippen molar-refractivity contribution < 1.29 is 13.9 Å². The number of benzene rings is 1. The number of rotatable bonds is 4. The second kappa shape index (κ2) is 5.90. The summed E-state index contributed by atoms with van der Waals surface area (Å²) in [7, 11) is 0. The number of hydrogen-bond donors (Lipinski definition) is 1. The molecule has 0 saturated carbocycles. The van der Waals surface area contributed by atoms with Gasteiger partial charge in [0, 0.05) is 5.56 Å². The molecule has 0 saturated heterocycles. The lowest BCUT2D eigenvalue weighted by atomic mass is 10.1. The quantitative estimate of drug-likeness (QED) is 0.629. The van der Waals surface area contributed by atoms with Crippen LogP contribution in [-0.4, -0.2) is 12.6 Å². The summed E-state index contributed by atoms with van der Waals surface area (Å²) in [5, 5.41) is 0. The van der Waals surface area contributed by atoms with Gasteiger partial charge in [-0.25, -0.2) is 4.39 Å². The molecule has 3 nitrogen and oxygen atoms in total. The van der Waals surface area contributed by atoms with Gasteiger partial charge >= 0.3 is 5.97 Å². The highest BCUT2D eigenvalue weighted by molar-refractivity contribution is 5.74. The van der Waals surface area contributed by atoms with E-state index in [1.54, 1.807) is 31.2 Å². The summed E-state index contributed by atoms with van der Waals surface area (Å²) < 4.78 is 17.8. The molecule has 86 valence electrons. The van der Waals surface area contributed by atoms with E-state index in [4.69, 9.17) is 10.5 Å². The topological polar surface area (TPSA) is 52.3 Å². The zero-order chi connectivity index (χ0) is 12.0. The fourth-order valence-corrected chi connectivity index (χ4v) is 1.20. The molecule has 0 radical (unpaired) electrons. The van der Waals surface area contributed by atoms with Gasteiger partial charge in [0.15, 0.2) is 0 Å². The highest BCUT2D eigenvalue weighted by atomic mass is 19.1. The molecule has 4 heteroatoms. The predicted molar refractivity (Wildman–Crippen MR) is 61.1 cm³/mol. The number of esters is 1. The van der Waals surface area contributed by atoms with Gasteiger partial charge in [-0.1, -0.05) is 24.3 Å². The smallest absolute Gasteiger partial charge is 0.309 e. The molecule has 0 heterocycles. The number of carbonyl (C=O) groups is 1. The SMILES string of the molecule is CCOC(=O)CC=Cc1cccc(F)c1N. The highest BCUT2D eigenvalue weighted by Gasteiger charge is 2.01. The minimum Gasteiger partial charge on any atom is -0.466 e. The third-order valence-electron chi connectivity index (χ3n) is 1.97. The van der Waals surface area contributed by atoms with Gasteiger partial charge in [-0.2, -0.15) is 0 Å². The highest BCUT2D eigenvalue weighted by Crippen LogP contribution is 2.17. The molecule has 0 aliphatic carbocycles. The van der Waals surface area contributed by atoms with Gasteiger partial charge in [-0.05, 0) is 13.0 Å². The van der Waals surface area contributed by atoms with E-state index in [1.807, 2.05) is 0 Å². The Bertz CT molecular complexity index is 402. The third-order valence-corrected chi connectivity index (χ3v) is 1.97. The average molecular weight is 223 g/mol. The second-order valence-corrected chi connectivity index (χ2v) is 3.15. The number of anilines is 1. The minimum absolute atomic E-state index is 0.0857. The van der Waals surface area contributed by atoms with E-state index in [9.17, 15) is 9.18 Å². The van der Waals surface area contributed by atoms with Crippen LogP contribution >= 0.6 is 0 Å². The molecule has 0 fully saturated rings. The first-order valence-corrected chi connectivity index (χ1v) is 5.01. The van der Waals surface area contributed by atoms with Crippen molar-refractivity contribution in [1.82, 2.24) is 0 Å². The van der Waals surface area contributed by atoms with Crippen LogP contribution in [0.1, 0.15) is 18.9 Å². The van der Waals surface area contributed by atoms with Crippen molar-refractivity contribution >= 4 is 17.7 Å². The van der Waals surface area contributed by atoms with Gasteiger partial charge < -0.3 is 10.5 Å². The second-order valence-electron chi connectivity index (χ2n) is 3.15. The molecule has 0 bridgehead atoms. The molecule has 1 rings (SSSR count). The Morgan fingerprint density at radius 1 is 1.56 bits per heavy atom. The zero-order valence-corrected chi connectivity index (χ0v) is 9.07. The minimum atomic E-state index is -0.460. The fraction of sp³-hybridized carbons (Fsp3) is 0.250. The number of ether oxygens (including phenoxy) is 1. The van der Waals surface area contributed by atoms with Gasteiger partial charge in [0.2, 0.25) is 0 Å². The fourth-order valence-electron chi connectivity index (χ4n) is 1.20. The maximum atomic E-state index is 13.0. The number of halogens is 1. The molecule has 0 amide bonds. The van der Waals surface area contributed by atoms with E-state index < -0.39 is 5.82 Å². The van der Waals surface area contributed by atoms with E-state index >= 15 is 0 Å². The summed E-state index contributed by atoms with van der Waals surface area (Å²) in [6, 6.07) is 4.54. The van der Waals surface area contributed by atoms with Crippen LogP contribution < -0.4 is 5.73 Å². The maximum Gasteiger partial charge on any atom is 0.309 e. The van der Waals surface area contributed by atoms with Crippen molar-refractivity contribution in [1.29, 1.82) is 0 Å². The zero-order valence-electron chi connectivity index (χ0n) is 9.07. The summed E-state index contributed by atoms with van der Waals surface area (Å²) in [5.74, 6) is -0.771. The van der Waals surface area contributed by atoms with Crippen LogP contribution in [0, 0.1) is 5.82 Å². The van der Waals surface area contributed by atoms with Gasteiger partial charge in [-0.15, -0.1) is 0 Å². The van der Waals surface area contributed by atoms with Gasteiger partial charge in [-0.3, -0.25) is 4.79 Å². The van der Waals surface area contributed by atoms with Crippen molar-refractivity contribution in [3.63, 3.8) is 0 Å². The normalized spacial score (nSPS) is 10.6. The van der Waals surface area contributed by atoms with Gasteiger partial charge in [0.05, 0.1) is 18.7 Å². The molecule has 0 aromatic heterocycles. The molecule has 0 atom stereocenters. The number of hydrogen-bond acceptors (Lipinski definition) is 3. The number of para-hydroxylation sites is 1. The Morgan fingerprint density at radius 3 is 3.00 bits per heavy atom. The monoisotopic (exact) mass is 223 g/mol. The first-order valence-electron chi connectivity index (χ1n) is 5.01. The summed E-state index contributed by atoms with van der Waals surface area (Å²) in [6.45, 7) is 2.10. The summed E-state index contributed by atoms with van der Waals surface area (Å²) >= 11 is 0. The Hall–Kier alpha value is -1.84. The van der Waals surface area contributed by atoms with Crippen molar-refractivity contribution in [2.45, 2.75) is 13.3 Å². The Labute approximate surface area is 93.7 Å². The molecule has 1 aromatic carbocycles. The first kappa shape index (κ1) is 12.2. The number of nitrogen functional groups attached to an aromatic ring is 1. The standard InChI is InChI=1S/C12H14FNO2/c1-2-16-11(15)8-4-6-9-5-3-7-10(13)12(9)14/h3-7H,2,8,14H2,1H3. The average Bonchev–Trinajstić information content (AvgIpc) is 2.25. The van der Waals surface area contributed by atoms with Crippen LogP contribution in [0.4, 0.5) is 10.1 Å². The van der Waals surface area contributed by atoms with Crippen LogP contribution in [0.2, 0.25) is 0 Å². The maximum absolute atomic E-state index is 13.0. The largest absolute Gasteiger partial charge is 0.466 e. The van der Waals surface area contributed by atoms with Crippen LogP contribution in [0.25, 0.3) is 6.08 Å². The van der Waals surface area contributed by atoms with E-state index in [0.29, 0.717) is 12.2 Å². The Morgan fingerprint density at radius 2 is 2.31 bits per heavy atom. The molecule has 0 aliphatic rings. The van der Waals surface area contributed by atoms with Crippen molar-refractivity contribution in [2.75, 3.05) is 12.3 Å². The molecule has 0 aliphatic heterocycles. The molecule has 2 N–H and O–H groups in total. The van der Waals surface area contributed by atoms with E-state index in [1.165, 1.54) is 6.07 Å². The third kappa shape index (κ3) is 3.38. The van der Waals surface area contributed by atoms with E-state index in [-0.39, 0.29) is 18.1 Å². The summed E-state index contributed by atoms with van der Waals surface area (Å²) in [6.07, 6.45) is 3.36. The molecular formula is C12H14FNO2. The first-order chi connectivity index (χ1) is 7.65. The van der Waals surface area contributed by atoms with E-state index in [2.05, 4.69) is 0 Å². The summed E-state index contributed by atoms with van der Waals surface area (Å²) in [5.41, 5.74) is 6.16. The van der Waals surface area contributed by atoms with Crippen LogP contribution in [0.5, 0.6) is 0 Å². The lowest BCUT2D eigenvalue weighted by molar-refractivity contribution is -0.142. The molecule has 16 heavy (non-hydrogen) atoms. The lowest BCUT2D eigenvalue weighted by Crippen LogP contribution is -2.01. The van der Waals surface area contributed by atoms with Crippen molar-refractivity contribution in [3.8, 4) is 0 Å². The summed E-state index contributed by atoms with van der Waals surface area (Å²) in [4.78, 5) is 11.0. The lowest BCUT2D eigenvalue weighted by Gasteiger charge is -2.01. The van der Waals surface area contributed by atoms with Gasteiger partial charge in [0.1, 0.15) is 5.82 Å². The number of carbonyl (C=O) groups excluding carboxylic acids is 1. The molecule has 0 spiro atoms. The van der Waals surface area contributed by atoms with Crippen LogP contribution in [0.3, 0.4) is 0 Å². The predicted octanol–water partition coefficient (Wildman–Crippen LogP) is 2.37. The van der Waals surface area contributed by atoms with Crippen LogP contribution in [0.15, 0.2) is 24.3 Å². The number of nitrogens with two attached hydrogens (primary N) is 1.